The molecule has 5 nitrogen and oxygen atoms in total. The van der Waals surface area contributed by atoms with Gasteiger partial charge < -0.3 is 10.0 Å². The third kappa shape index (κ3) is 1.57. The van der Waals surface area contributed by atoms with Gasteiger partial charge >= 0.3 is 5.97 Å². The van der Waals surface area contributed by atoms with Crippen LogP contribution in [-0.2, 0) is 11.3 Å². The molecule has 1 fully saturated rings. The minimum absolute atomic E-state index is 0.0672. The summed E-state index contributed by atoms with van der Waals surface area (Å²) in [5.41, 5.74) is 1.02. The van der Waals surface area contributed by atoms with E-state index >= 15 is 0 Å². The van der Waals surface area contributed by atoms with Crippen molar-refractivity contribution in [3.8, 4) is 0 Å². The lowest BCUT2D eigenvalue weighted by Crippen LogP contribution is -2.45. The Morgan fingerprint density at radius 3 is 3.07 bits per heavy atom. The molecule has 1 aliphatic rings. The average molecular weight is 195 g/mol. The van der Waals surface area contributed by atoms with Crippen molar-refractivity contribution >= 4 is 11.7 Å². The fraction of sp³-hybridized carbons (Fsp3) is 0.556. The number of aliphatic carboxylic acids is 1. The van der Waals surface area contributed by atoms with E-state index in [4.69, 9.17) is 5.11 Å². The molecule has 1 unspecified atom stereocenters. The van der Waals surface area contributed by atoms with Crippen LogP contribution in [0.4, 0.5) is 5.69 Å². The number of nitrogens with zero attached hydrogens (tertiary/aromatic N) is 3. The predicted octanol–water partition coefficient (Wildman–Crippen LogP) is 0.566. The molecule has 0 aromatic carbocycles. The molecule has 1 aromatic rings. The molecule has 0 bridgehead atoms. The van der Waals surface area contributed by atoms with Crippen LogP contribution in [0.15, 0.2) is 12.4 Å². The summed E-state index contributed by atoms with van der Waals surface area (Å²) >= 11 is 0. The Labute approximate surface area is 81.9 Å². The van der Waals surface area contributed by atoms with Gasteiger partial charge in [-0.1, -0.05) is 0 Å². The number of rotatable bonds is 3. The lowest BCUT2D eigenvalue weighted by Gasteiger charge is -2.39. The maximum absolute atomic E-state index is 10.4. The summed E-state index contributed by atoms with van der Waals surface area (Å²) in [4.78, 5) is 12.6. The molecule has 5 heteroatoms. The Morgan fingerprint density at radius 2 is 2.57 bits per heavy atom. The van der Waals surface area contributed by atoms with Crippen molar-refractivity contribution < 1.29 is 9.90 Å². The molecule has 0 amide bonds. The zero-order chi connectivity index (χ0) is 10.1. The third-order valence-electron chi connectivity index (χ3n) is 2.57. The predicted molar refractivity (Wildman–Crippen MR) is 51.3 cm³/mol. The minimum atomic E-state index is -0.865. The first-order valence-corrected chi connectivity index (χ1v) is 4.67. The highest BCUT2D eigenvalue weighted by Gasteiger charge is 2.24. The second-order valence-electron chi connectivity index (χ2n) is 3.62. The van der Waals surface area contributed by atoms with Crippen LogP contribution in [0, 0.1) is 0 Å². The lowest BCUT2D eigenvalue weighted by atomic mass is 10.1. The number of carboxylic acid groups (broad SMARTS) is 1. The van der Waals surface area contributed by atoms with E-state index < -0.39 is 5.97 Å². The second-order valence-corrected chi connectivity index (χ2v) is 3.62. The Kier molecular flexibility index (Phi) is 2.15. The molecule has 2 heterocycles. The molecular weight excluding hydrogens is 182 g/mol. The van der Waals surface area contributed by atoms with Crippen LogP contribution in [0.5, 0.6) is 0 Å². The second kappa shape index (κ2) is 3.32. The van der Waals surface area contributed by atoms with Crippen LogP contribution < -0.4 is 4.90 Å². The smallest absolute Gasteiger partial charge is 0.325 e. The number of carboxylic acids is 1. The maximum Gasteiger partial charge on any atom is 0.325 e. The topological polar surface area (TPSA) is 58.4 Å². The van der Waals surface area contributed by atoms with Gasteiger partial charge in [-0.2, -0.15) is 5.10 Å². The summed E-state index contributed by atoms with van der Waals surface area (Å²) in [6.07, 6.45) is 4.70. The first-order chi connectivity index (χ1) is 6.66. The van der Waals surface area contributed by atoms with Crippen molar-refractivity contribution in [2.75, 3.05) is 11.4 Å². The van der Waals surface area contributed by atoms with Crippen molar-refractivity contribution in [2.24, 2.45) is 0 Å². The van der Waals surface area contributed by atoms with Crippen LogP contribution in [-0.4, -0.2) is 33.4 Å². The number of aromatic nitrogens is 2. The highest BCUT2D eigenvalue weighted by molar-refractivity contribution is 5.66. The van der Waals surface area contributed by atoms with Gasteiger partial charge in [-0.05, 0) is 13.3 Å². The van der Waals surface area contributed by atoms with Gasteiger partial charge in [-0.3, -0.25) is 9.48 Å². The highest BCUT2D eigenvalue weighted by Crippen LogP contribution is 2.24. The van der Waals surface area contributed by atoms with Crippen molar-refractivity contribution in [1.82, 2.24) is 9.78 Å². The van der Waals surface area contributed by atoms with Gasteiger partial charge in [-0.15, -0.1) is 0 Å². The van der Waals surface area contributed by atoms with Gasteiger partial charge in [0.1, 0.15) is 6.54 Å². The van der Waals surface area contributed by atoms with Crippen LogP contribution in [0.1, 0.15) is 13.3 Å². The van der Waals surface area contributed by atoms with Crippen LogP contribution in [0.3, 0.4) is 0 Å². The van der Waals surface area contributed by atoms with E-state index in [1.165, 1.54) is 11.1 Å². The summed E-state index contributed by atoms with van der Waals surface area (Å²) in [5, 5.41) is 12.6. The summed E-state index contributed by atoms with van der Waals surface area (Å²) < 4.78 is 1.45. The monoisotopic (exact) mass is 195 g/mol. The van der Waals surface area contributed by atoms with E-state index in [-0.39, 0.29) is 6.54 Å². The number of hydrogen-bond donors (Lipinski definition) is 1. The van der Waals surface area contributed by atoms with Crippen molar-refractivity contribution in [2.45, 2.75) is 25.9 Å². The molecule has 14 heavy (non-hydrogen) atoms. The van der Waals surface area contributed by atoms with E-state index in [1.54, 1.807) is 12.4 Å². The van der Waals surface area contributed by atoms with Gasteiger partial charge in [0.15, 0.2) is 0 Å². The number of anilines is 1. The van der Waals surface area contributed by atoms with Gasteiger partial charge in [0.2, 0.25) is 0 Å². The fourth-order valence-electron chi connectivity index (χ4n) is 1.63. The normalized spacial score (nSPS) is 20.6. The maximum atomic E-state index is 10.4. The molecule has 0 spiro atoms. The molecule has 1 saturated heterocycles. The van der Waals surface area contributed by atoms with E-state index in [2.05, 4.69) is 16.9 Å². The largest absolute Gasteiger partial charge is 0.480 e. The van der Waals surface area contributed by atoms with Crippen molar-refractivity contribution in [3.63, 3.8) is 0 Å². The Bertz CT molecular complexity index is 348. The standard InChI is InChI=1S/C9H13N3O2/c1-7-2-3-12(7)8-4-10-11(5-8)6-9(13)14/h4-5,7H,2-3,6H2,1H3,(H,13,14). The number of hydrogen-bond acceptors (Lipinski definition) is 3. The van der Waals surface area contributed by atoms with Crippen LogP contribution in [0.25, 0.3) is 0 Å². The quantitative estimate of drug-likeness (QED) is 0.765. The Balaban J connectivity index is 2.06. The molecule has 1 aromatic heterocycles. The summed E-state index contributed by atoms with van der Waals surface area (Å²) in [7, 11) is 0. The summed E-state index contributed by atoms with van der Waals surface area (Å²) in [6, 6.07) is 0.553. The minimum Gasteiger partial charge on any atom is -0.480 e. The molecule has 76 valence electrons. The molecule has 1 aliphatic heterocycles. The lowest BCUT2D eigenvalue weighted by molar-refractivity contribution is -0.137. The van der Waals surface area contributed by atoms with E-state index in [0.29, 0.717) is 6.04 Å². The molecule has 2 rings (SSSR count). The summed E-state index contributed by atoms with van der Waals surface area (Å²) in [5.74, 6) is -0.865. The first-order valence-electron chi connectivity index (χ1n) is 4.67. The molecular formula is C9H13N3O2. The highest BCUT2D eigenvalue weighted by atomic mass is 16.4. The SMILES string of the molecule is CC1CCN1c1cnn(CC(=O)O)c1. The zero-order valence-electron chi connectivity index (χ0n) is 8.05. The molecule has 0 radical (unpaired) electrons. The zero-order valence-corrected chi connectivity index (χ0v) is 8.05. The van der Waals surface area contributed by atoms with E-state index in [0.717, 1.165) is 12.2 Å². The molecule has 0 saturated carbocycles. The fourth-order valence-corrected chi connectivity index (χ4v) is 1.63. The number of carbonyl (C=O) groups is 1. The van der Waals surface area contributed by atoms with Crippen molar-refractivity contribution in [3.05, 3.63) is 12.4 Å². The van der Waals surface area contributed by atoms with Crippen LogP contribution in [0.2, 0.25) is 0 Å². The molecule has 0 aliphatic carbocycles. The third-order valence-corrected chi connectivity index (χ3v) is 2.57. The first kappa shape index (κ1) is 9.05. The molecule has 1 atom stereocenters. The van der Waals surface area contributed by atoms with E-state index in [9.17, 15) is 4.79 Å². The van der Waals surface area contributed by atoms with Gasteiger partial charge in [0.05, 0.1) is 11.9 Å². The van der Waals surface area contributed by atoms with E-state index in [1.807, 2.05) is 0 Å². The Hall–Kier alpha value is -1.52. The van der Waals surface area contributed by atoms with Gasteiger partial charge in [0, 0.05) is 18.8 Å². The van der Waals surface area contributed by atoms with Gasteiger partial charge in [-0.25, -0.2) is 0 Å². The van der Waals surface area contributed by atoms with Crippen LogP contribution >= 0.6 is 0 Å². The van der Waals surface area contributed by atoms with Crippen molar-refractivity contribution in [1.29, 1.82) is 0 Å². The Morgan fingerprint density at radius 1 is 1.79 bits per heavy atom. The van der Waals surface area contributed by atoms with Gasteiger partial charge in [0.25, 0.3) is 0 Å². The molecule has 1 N–H and O–H groups in total. The summed E-state index contributed by atoms with van der Waals surface area (Å²) in [6.45, 7) is 3.13. The average Bonchev–Trinajstić information content (AvgIpc) is 2.49.